The molecule has 3 rings (SSSR count). The average molecular weight is 381 g/mol. The number of carbonyl (C=O) groups is 2. The Hall–Kier alpha value is -2.39. The number of fused-ring (bicyclic) bond motifs is 1. The summed E-state index contributed by atoms with van der Waals surface area (Å²) in [5, 5.41) is 12.0. The SMILES string of the molecule is O=C(Nc1sc2c(c1C(=O)O)CCS(=O)(=O)C2)OCc1ccccc1. The number of sulfone groups is 1. The molecule has 9 heteroatoms. The van der Waals surface area contributed by atoms with Gasteiger partial charge in [-0.2, -0.15) is 0 Å². The van der Waals surface area contributed by atoms with Crippen LogP contribution in [0.25, 0.3) is 0 Å². The average Bonchev–Trinajstić information content (AvgIpc) is 2.89. The van der Waals surface area contributed by atoms with Gasteiger partial charge in [0.05, 0.1) is 17.1 Å². The van der Waals surface area contributed by atoms with Gasteiger partial charge in [-0.1, -0.05) is 30.3 Å². The highest BCUT2D eigenvalue weighted by atomic mass is 32.2. The van der Waals surface area contributed by atoms with Crippen LogP contribution < -0.4 is 5.32 Å². The maximum atomic E-state index is 12.0. The van der Waals surface area contributed by atoms with E-state index in [0.29, 0.717) is 10.4 Å². The van der Waals surface area contributed by atoms with Crippen LogP contribution in [-0.4, -0.2) is 31.3 Å². The normalized spacial score (nSPS) is 15.2. The fourth-order valence-corrected chi connectivity index (χ4v) is 5.62. The largest absolute Gasteiger partial charge is 0.478 e. The lowest BCUT2D eigenvalue weighted by atomic mass is 10.1. The number of benzene rings is 1. The summed E-state index contributed by atoms with van der Waals surface area (Å²) in [4.78, 5) is 24.0. The predicted octanol–water partition coefficient (Wildman–Crippen LogP) is 2.67. The third-order valence-corrected chi connectivity index (χ3v) is 6.63. The number of hydrogen-bond donors (Lipinski definition) is 2. The highest BCUT2D eigenvalue weighted by Gasteiger charge is 2.31. The molecule has 132 valence electrons. The summed E-state index contributed by atoms with van der Waals surface area (Å²) in [5.74, 6) is -1.49. The molecule has 0 bridgehead atoms. The Morgan fingerprint density at radius 3 is 2.64 bits per heavy atom. The Morgan fingerprint density at radius 1 is 1.24 bits per heavy atom. The Morgan fingerprint density at radius 2 is 1.96 bits per heavy atom. The summed E-state index contributed by atoms with van der Waals surface area (Å²) in [7, 11) is -3.23. The minimum absolute atomic E-state index is 0.0495. The summed E-state index contributed by atoms with van der Waals surface area (Å²) in [5.41, 5.74) is 1.23. The number of carboxylic acid groups (broad SMARTS) is 1. The first-order valence-electron chi connectivity index (χ1n) is 7.41. The molecule has 2 aromatic rings. The second kappa shape index (κ2) is 6.85. The quantitative estimate of drug-likeness (QED) is 0.843. The molecule has 0 saturated carbocycles. The van der Waals surface area contributed by atoms with Crippen LogP contribution >= 0.6 is 11.3 Å². The third-order valence-electron chi connectivity index (χ3n) is 3.75. The molecule has 0 spiro atoms. The minimum Gasteiger partial charge on any atom is -0.478 e. The monoisotopic (exact) mass is 381 g/mol. The molecule has 0 saturated heterocycles. The number of ether oxygens (including phenoxy) is 1. The van der Waals surface area contributed by atoms with E-state index in [1.54, 1.807) is 12.1 Å². The van der Waals surface area contributed by atoms with Gasteiger partial charge in [0, 0.05) is 4.88 Å². The van der Waals surface area contributed by atoms with Crippen molar-refractivity contribution in [2.75, 3.05) is 11.1 Å². The Bertz CT molecular complexity index is 918. The number of carbonyl (C=O) groups excluding carboxylic acids is 1. The zero-order valence-electron chi connectivity index (χ0n) is 13.0. The van der Waals surface area contributed by atoms with Crippen LogP contribution in [0.2, 0.25) is 0 Å². The van der Waals surface area contributed by atoms with Gasteiger partial charge < -0.3 is 9.84 Å². The van der Waals surface area contributed by atoms with E-state index in [1.165, 1.54) is 0 Å². The summed E-state index contributed by atoms with van der Waals surface area (Å²) >= 11 is 0.971. The van der Waals surface area contributed by atoms with Gasteiger partial charge in [0.1, 0.15) is 11.6 Å². The molecular weight excluding hydrogens is 366 g/mol. The standard InChI is InChI=1S/C16H15NO6S2/c18-15(19)13-11-6-7-25(21,22)9-12(11)24-14(13)17-16(20)23-8-10-4-2-1-3-5-10/h1-5H,6-9H2,(H,17,20)(H,18,19). The van der Waals surface area contributed by atoms with Crippen molar-refractivity contribution in [3.63, 3.8) is 0 Å². The fourth-order valence-electron chi connectivity index (χ4n) is 2.59. The van der Waals surface area contributed by atoms with E-state index in [2.05, 4.69) is 5.32 Å². The van der Waals surface area contributed by atoms with Gasteiger partial charge in [0.2, 0.25) is 0 Å². The molecule has 1 aliphatic rings. The summed E-state index contributed by atoms with van der Waals surface area (Å²) in [6.45, 7) is 0.0501. The van der Waals surface area contributed by atoms with Gasteiger partial charge in [-0.05, 0) is 17.5 Å². The highest BCUT2D eigenvalue weighted by molar-refractivity contribution is 7.90. The first-order valence-corrected chi connectivity index (χ1v) is 10.1. The molecule has 0 unspecified atom stereocenters. The lowest BCUT2D eigenvalue weighted by Crippen LogP contribution is -2.19. The van der Waals surface area contributed by atoms with Gasteiger partial charge in [-0.15, -0.1) is 11.3 Å². The van der Waals surface area contributed by atoms with Crippen LogP contribution in [0.15, 0.2) is 30.3 Å². The molecule has 1 aliphatic heterocycles. The second-order valence-electron chi connectivity index (χ2n) is 5.54. The Balaban J connectivity index is 1.77. The maximum Gasteiger partial charge on any atom is 0.412 e. The molecular formula is C16H15NO6S2. The number of aromatic carboxylic acids is 1. The number of hydrogen-bond acceptors (Lipinski definition) is 6. The summed E-state index contributed by atoms with van der Waals surface area (Å²) < 4.78 is 28.6. The van der Waals surface area contributed by atoms with E-state index in [1.807, 2.05) is 18.2 Å². The van der Waals surface area contributed by atoms with E-state index in [0.717, 1.165) is 16.9 Å². The molecule has 0 radical (unpaired) electrons. The Kier molecular flexibility index (Phi) is 4.78. The van der Waals surface area contributed by atoms with E-state index in [9.17, 15) is 23.1 Å². The van der Waals surface area contributed by atoms with E-state index < -0.39 is 21.9 Å². The number of thiophene rings is 1. The van der Waals surface area contributed by atoms with Crippen LogP contribution in [-0.2, 0) is 33.4 Å². The van der Waals surface area contributed by atoms with Crippen molar-refractivity contribution in [2.45, 2.75) is 18.8 Å². The number of anilines is 1. The second-order valence-corrected chi connectivity index (χ2v) is 8.83. The number of rotatable bonds is 4. The van der Waals surface area contributed by atoms with Crippen LogP contribution in [0.3, 0.4) is 0 Å². The third kappa shape index (κ3) is 3.99. The molecule has 0 aliphatic carbocycles. The van der Waals surface area contributed by atoms with E-state index in [-0.39, 0.29) is 35.1 Å². The van der Waals surface area contributed by atoms with Crippen molar-refractivity contribution in [1.29, 1.82) is 0 Å². The topological polar surface area (TPSA) is 110 Å². The van der Waals surface area contributed by atoms with Gasteiger partial charge in [0.15, 0.2) is 9.84 Å². The smallest absolute Gasteiger partial charge is 0.412 e. The molecule has 1 aromatic carbocycles. The summed E-state index contributed by atoms with van der Waals surface area (Å²) in [6.07, 6.45) is -0.649. The minimum atomic E-state index is -3.23. The van der Waals surface area contributed by atoms with Crippen molar-refractivity contribution in [1.82, 2.24) is 0 Å². The van der Waals surface area contributed by atoms with Gasteiger partial charge in [0.25, 0.3) is 0 Å². The van der Waals surface area contributed by atoms with Crippen LogP contribution in [0.4, 0.5) is 9.80 Å². The zero-order chi connectivity index (χ0) is 18.0. The van der Waals surface area contributed by atoms with Gasteiger partial charge >= 0.3 is 12.1 Å². The number of amides is 1. The first-order chi connectivity index (χ1) is 11.9. The molecule has 2 heterocycles. The lowest BCUT2D eigenvalue weighted by molar-refractivity contribution is 0.0697. The molecule has 25 heavy (non-hydrogen) atoms. The highest BCUT2D eigenvalue weighted by Crippen LogP contribution is 2.38. The predicted molar refractivity (Wildman–Crippen MR) is 92.7 cm³/mol. The van der Waals surface area contributed by atoms with Crippen molar-refractivity contribution in [2.24, 2.45) is 0 Å². The summed E-state index contributed by atoms with van der Waals surface area (Å²) in [6, 6.07) is 9.06. The Labute approximate surface area is 148 Å². The molecule has 0 fully saturated rings. The number of nitrogens with one attached hydrogen (secondary N) is 1. The molecule has 1 aromatic heterocycles. The van der Waals surface area contributed by atoms with Crippen molar-refractivity contribution in [3.05, 3.63) is 51.9 Å². The lowest BCUT2D eigenvalue weighted by Gasteiger charge is -2.12. The first kappa shape index (κ1) is 17.4. The van der Waals surface area contributed by atoms with E-state index in [4.69, 9.17) is 4.74 Å². The van der Waals surface area contributed by atoms with Crippen molar-refractivity contribution in [3.8, 4) is 0 Å². The maximum absolute atomic E-state index is 12.0. The molecule has 2 N–H and O–H groups in total. The number of carboxylic acids is 1. The van der Waals surface area contributed by atoms with Crippen molar-refractivity contribution >= 4 is 38.2 Å². The molecule has 7 nitrogen and oxygen atoms in total. The van der Waals surface area contributed by atoms with Gasteiger partial charge in [-0.3, -0.25) is 5.32 Å². The molecule has 1 amide bonds. The van der Waals surface area contributed by atoms with Crippen molar-refractivity contribution < 1.29 is 27.9 Å². The van der Waals surface area contributed by atoms with Crippen LogP contribution in [0.5, 0.6) is 0 Å². The van der Waals surface area contributed by atoms with Crippen LogP contribution in [0, 0.1) is 0 Å². The molecule has 0 atom stereocenters. The van der Waals surface area contributed by atoms with E-state index >= 15 is 0 Å². The zero-order valence-corrected chi connectivity index (χ0v) is 14.7. The van der Waals surface area contributed by atoms with Gasteiger partial charge in [-0.25, -0.2) is 18.0 Å². The van der Waals surface area contributed by atoms with Crippen LogP contribution in [0.1, 0.15) is 26.4 Å². The fraction of sp³-hybridized carbons (Fsp3) is 0.250.